The van der Waals surface area contributed by atoms with Crippen LogP contribution in [0, 0.1) is 0 Å². The number of nitrogens with zero attached hydrogens (tertiary/aromatic N) is 1. The summed E-state index contributed by atoms with van der Waals surface area (Å²) in [5, 5.41) is 1.78. The van der Waals surface area contributed by atoms with E-state index in [1.807, 2.05) is 0 Å². The Morgan fingerprint density at radius 1 is 1.40 bits per heavy atom. The van der Waals surface area contributed by atoms with Gasteiger partial charge in [0.05, 0.1) is 9.78 Å². The normalized spacial score (nSPS) is 17.9. The number of carbonyl (C=O) groups excluding carboxylic acids is 2. The van der Waals surface area contributed by atoms with Crippen molar-refractivity contribution >= 4 is 33.1 Å². The number of carbonyl (C=O) groups is 2. The quantitative estimate of drug-likeness (QED) is 0.781. The predicted molar refractivity (Wildman–Crippen MR) is 76.9 cm³/mol. The van der Waals surface area contributed by atoms with Gasteiger partial charge in [0.25, 0.3) is 15.9 Å². The molecule has 0 aliphatic carbocycles. The maximum atomic E-state index is 12.1. The van der Waals surface area contributed by atoms with Crippen molar-refractivity contribution in [3.8, 4) is 0 Å². The SMILES string of the molecule is CCC1=C(C)S(=O)(=O)N(CCC(=O)c2cccs2)C1=O. The zero-order valence-corrected chi connectivity index (χ0v) is 12.9. The summed E-state index contributed by atoms with van der Waals surface area (Å²) < 4.78 is 25.0. The highest BCUT2D eigenvalue weighted by Gasteiger charge is 2.40. The van der Waals surface area contributed by atoms with Gasteiger partial charge in [-0.25, -0.2) is 12.7 Å². The number of hydrogen-bond acceptors (Lipinski definition) is 5. The van der Waals surface area contributed by atoms with Gasteiger partial charge in [-0.3, -0.25) is 9.59 Å². The number of amides is 1. The summed E-state index contributed by atoms with van der Waals surface area (Å²) in [6, 6.07) is 3.45. The maximum absolute atomic E-state index is 12.1. The molecule has 0 saturated heterocycles. The van der Waals surface area contributed by atoms with Crippen LogP contribution in [0.1, 0.15) is 36.4 Å². The molecule has 7 heteroatoms. The molecule has 2 heterocycles. The Morgan fingerprint density at radius 2 is 2.10 bits per heavy atom. The fraction of sp³-hybridized carbons (Fsp3) is 0.385. The van der Waals surface area contributed by atoms with E-state index in [0.717, 1.165) is 4.31 Å². The summed E-state index contributed by atoms with van der Waals surface area (Å²) >= 11 is 1.31. The van der Waals surface area contributed by atoms with Gasteiger partial charge < -0.3 is 0 Å². The topological polar surface area (TPSA) is 71.5 Å². The molecular formula is C13H15NO4S2. The van der Waals surface area contributed by atoms with Crippen LogP contribution in [-0.4, -0.2) is 31.0 Å². The second kappa shape index (κ2) is 5.49. The van der Waals surface area contributed by atoms with Crippen molar-refractivity contribution < 1.29 is 18.0 Å². The number of sulfonamides is 1. The fourth-order valence-corrected chi connectivity index (χ4v) is 4.34. The highest BCUT2D eigenvalue weighted by atomic mass is 32.2. The van der Waals surface area contributed by atoms with E-state index in [1.165, 1.54) is 18.3 Å². The number of rotatable bonds is 5. The van der Waals surface area contributed by atoms with Gasteiger partial charge in [0.15, 0.2) is 5.78 Å². The maximum Gasteiger partial charge on any atom is 0.264 e. The molecule has 1 aromatic heterocycles. The van der Waals surface area contributed by atoms with Crippen LogP contribution in [0.3, 0.4) is 0 Å². The average Bonchev–Trinajstić information content (AvgIpc) is 2.97. The van der Waals surface area contributed by atoms with E-state index in [9.17, 15) is 18.0 Å². The minimum Gasteiger partial charge on any atom is -0.293 e. The van der Waals surface area contributed by atoms with Gasteiger partial charge in [-0.1, -0.05) is 13.0 Å². The highest BCUT2D eigenvalue weighted by molar-refractivity contribution is 7.94. The van der Waals surface area contributed by atoms with Gasteiger partial charge in [-0.15, -0.1) is 11.3 Å². The number of Topliss-reactive ketones (excluding diaryl/α,β-unsaturated/α-hetero) is 1. The summed E-state index contributed by atoms with van der Waals surface area (Å²) in [6.45, 7) is 3.08. The molecule has 1 aromatic rings. The number of allylic oxidation sites excluding steroid dienone is 1. The van der Waals surface area contributed by atoms with Crippen LogP contribution in [0.2, 0.25) is 0 Å². The standard InChI is InChI=1S/C13H15NO4S2/c1-3-10-9(2)20(17,18)14(13(10)16)7-6-11(15)12-5-4-8-19-12/h4-5,8H,3,6-7H2,1-2H3. The third kappa shape index (κ3) is 2.43. The average molecular weight is 313 g/mol. The smallest absolute Gasteiger partial charge is 0.264 e. The van der Waals surface area contributed by atoms with E-state index in [4.69, 9.17) is 0 Å². The van der Waals surface area contributed by atoms with Crippen molar-refractivity contribution in [3.05, 3.63) is 32.9 Å². The Balaban J connectivity index is 2.12. The van der Waals surface area contributed by atoms with E-state index >= 15 is 0 Å². The zero-order chi connectivity index (χ0) is 14.9. The van der Waals surface area contributed by atoms with Crippen LogP contribution in [-0.2, 0) is 14.8 Å². The Hall–Kier alpha value is -1.47. The Bertz CT molecular complexity index is 671. The first-order chi connectivity index (χ1) is 9.39. The molecule has 0 fully saturated rings. The Kier molecular flexibility index (Phi) is 4.10. The molecule has 0 unspecified atom stereocenters. The Labute approximate surface area is 122 Å². The monoisotopic (exact) mass is 313 g/mol. The van der Waals surface area contributed by atoms with E-state index in [-0.39, 0.29) is 23.7 Å². The predicted octanol–water partition coefficient (Wildman–Crippen LogP) is 2.18. The third-order valence-electron chi connectivity index (χ3n) is 3.28. The molecule has 0 saturated carbocycles. The molecular weight excluding hydrogens is 298 g/mol. The molecule has 5 nitrogen and oxygen atoms in total. The van der Waals surface area contributed by atoms with Crippen LogP contribution in [0.15, 0.2) is 28.0 Å². The van der Waals surface area contributed by atoms with Crippen molar-refractivity contribution in [1.82, 2.24) is 4.31 Å². The van der Waals surface area contributed by atoms with Crippen molar-refractivity contribution in [2.45, 2.75) is 26.7 Å². The van der Waals surface area contributed by atoms with Crippen molar-refractivity contribution in [1.29, 1.82) is 0 Å². The second-order valence-corrected chi connectivity index (χ2v) is 7.37. The molecule has 108 valence electrons. The van der Waals surface area contributed by atoms with Gasteiger partial charge in [0, 0.05) is 18.5 Å². The lowest BCUT2D eigenvalue weighted by atomic mass is 10.2. The minimum atomic E-state index is -3.73. The van der Waals surface area contributed by atoms with Crippen LogP contribution >= 0.6 is 11.3 Å². The summed E-state index contributed by atoms with van der Waals surface area (Å²) in [7, 11) is -3.73. The molecule has 0 spiro atoms. The summed E-state index contributed by atoms with van der Waals surface area (Å²) in [4.78, 5) is 24.6. The molecule has 0 atom stereocenters. The van der Waals surface area contributed by atoms with Crippen molar-refractivity contribution in [2.75, 3.05) is 6.54 Å². The van der Waals surface area contributed by atoms with Crippen LogP contribution < -0.4 is 0 Å². The fourth-order valence-electron chi connectivity index (χ4n) is 2.12. The largest absolute Gasteiger partial charge is 0.293 e. The third-order valence-corrected chi connectivity index (χ3v) is 6.14. The van der Waals surface area contributed by atoms with Gasteiger partial charge in [0.2, 0.25) is 0 Å². The van der Waals surface area contributed by atoms with Gasteiger partial charge >= 0.3 is 0 Å². The Morgan fingerprint density at radius 3 is 2.60 bits per heavy atom. The molecule has 2 rings (SSSR count). The van der Waals surface area contributed by atoms with E-state index in [2.05, 4.69) is 0 Å². The van der Waals surface area contributed by atoms with Crippen LogP contribution in [0.5, 0.6) is 0 Å². The highest BCUT2D eigenvalue weighted by Crippen LogP contribution is 2.29. The van der Waals surface area contributed by atoms with E-state index < -0.39 is 15.9 Å². The minimum absolute atomic E-state index is 0.00968. The molecule has 1 amide bonds. The number of thiophene rings is 1. The molecule has 0 aromatic carbocycles. The molecule has 1 aliphatic rings. The van der Waals surface area contributed by atoms with Gasteiger partial charge in [-0.2, -0.15) is 0 Å². The second-order valence-electron chi connectivity index (χ2n) is 4.42. The number of hydrogen-bond donors (Lipinski definition) is 0. The summed E-state index contributed by atoms with van der Waals surface area (Å²) in [6.07, 6.45) is 0.384. The van der Waals surface area contributed by atoms with Gasteiger partial charge in [-0.05, 0) is 24.8 Å². The number of ketones is 1. The molecule has 0 radical (unpaired) electrons. The van der Waals surface area contributed by atoms with Gasteiger partial charge in [0.1, 0.15) is 0 Å². The first-order valence-electron chi connectivity index (χ1n) is 6.23. The first-order valence-corrected chi connectivity index (χ1v) is 8.55. The van der Waals surface area contributed by atoms with E-state index in [1.54, 1.807) is 24.4 Å². The van der Waals surface area contributed by atoms with Crippen molar-refractivity contribution in [3.63, 3.8) is 0 Å². The lowest BCUT2D eigenvalue weighted by molar-refractivity contribution is -0.122. The zero-order valence-electron chi connectivity index (χ0n) is 11.3. The van der Waals surface area contributed by atoms with Crippen molar-refractivity contribution in [2.24, 2.45) is 0 Å². The lowest BCUT2D eigenvalue weighted by Gasteiger charge is -2.15. The lowest BCUT2D eigenvalue weighted by Crippen LogP contribution is -2.33. The first kappa shape index (κ1) is 14.9. The summed E-state index contributed by atoms with van der Waals surface area (Å²) in [5.74, 6) is -0.644. The molecule has 0 N–H and O–H groups in total. The summed E-state index contributed by atoms with van der Waals surface area (Å²) in [5.41, 5.74) is 0.313. The molecule has 0 bridgehead atoms. The molecule has 20 heavy (non-hydrogen) atoms. The van der Waals surface area contributed by atoms with Crippen LogP contribution in [0.25, 0.3) is 0 Å². The van der Waals surface area contributed by atoms with Crippen LogP contribution in [0.4, 0.5) is 0 Å². The molecule has 1 aliphatic heterocycles. The van der Waals surface area contributed by atoms with E-state index in [0.29, 0.717) is 16.9 Å².